The summed E-state index contributed by atoms with van der Waals surface area (Å²) >= 11 is 7.87. The first-order valence-electron chi connectivity index (χ1n) is 7.96. The van der Waals surface area contributed by atoms with Gasteiger partial charge in [0.15, 0.2) is 0 Å². The molecule has 3 aromatic rings. The minimum Gasteiger partial charge on any atom is -0.383 e. The van der Waals surface area contributed by atoms with Crippen molar-refractivity contribution in [2.45, 2.75) is 11.8 Å². The molecule has 3 N–H and O–H groups in total. The summed E-state index contributed by atoms with van der Waals surface area (Å²) in [5.41, 5.74) is 9.50. The summed E-state index contributed by atoms with van der Waals surface area (Å²) in [6.07, 6.45) is 3.69. The molecule has 1 aromatic heterocycles. The van der Waals surface area contributed by atoms with Crippen molar-refractivity contribution in [1.29, 1.82) is 0 Å². The van der Waals surface area contributed by atoms with E-state index in [2.05, 4.69) is 10.3 Å². The quantitative estimate of drug-likeness (QED) is 0.602. The smallest absolute Gasteiger partial charge is 0.259 e. The Labute approximate surface area is 161 Å². The number of pyridine rings is 1. The Hall–Kier alpha value is -2.50. The third-order valence-electron chi connectivity index (χ3n) is 4.05. The Kier molecular flexibility index (Phi) is 5.49. The number of benzene rings is 2. The molecule has 1 amide bonds. The summed E-state index contributed by atoms with van der Waals surface area (Å²) in [7, 11) is 0. The van der Waals surface area contributed by atoms with Crippen molar-refractivity contribution in [3.8, 4) is 11.1 Å². The van der Waals surface area contributed by atoms with Gasteiger partial charge in [-0.05, 0) is 48.6 Å². The minimum absolute atomic E-state index is 0.177. The van der Waals surface area contributed by atoms with Gasteiger partial charge in [-0.25, -0.2) is 4.98 Å². The minimum atomic E-state index is -0.339. The van der Waals surface area contributed by atoms with E-state index < -0.39 is 0 Å². The summed E-state index contributed by atoms with van der Waals surface area (Å²) in [5, 5.41) is 3.32. The van der Waals surface area contributed by atoms with Crippen molar-refractivity contribution < 1.29 is 4.79 Å². The molecule has 0 aliphatic rings. The maximum absolute atomic E-state index is 12.7. The molecule has 26 heavy (non-hydrogen) atoms. The zero-order chi connectivity index (χ0) is 18.7. The molecule has 0 unspecified atom stereocenters. The largest absolute Gasteiger partial charge is 0.383 e. The van der Waals surface area contributed by atoms with Crippen LogP contribution in [0.4, 0.5) is 11.5 Å². The molecule has 0 aliphatic carbocycles. The lowest BCUT2D eigenvalue weighted by Crippen LogP contribution is -2.16. The summed E-state index contributed by atoms with van der Waals surface area (Å²) in [6.45, 7) is 1.88. The van der Waals surface area contributed by atoms with E-state index in [4.69, 9.17) is 17.3 Å². The Bertz CT molecular complexity index is 938. The Morgan fingerprint density at radius 3 is 2.54 bits per heavy atom. The van der Waals surface area contributed by atoms with Gasteiger partial charge in [-0.3, -0.25) is 4.79 Å². The van der Waals surface area contributed by atoms with Crippen LogP contribution in [0.25, 0.3) is 11.1 Å². The number of carbonyl (C=O) groups excluding carboxylic acids is 1. The number of halogens is 1. The lowest BCUT2D eigenvalue weighted by atomic mass is 10.1. The number of aryl methyl sites for hydroxylation is 1. The molecule has 0 atom stereocenters. The van der Waals surface area contributed by atoms with Crippen molar-refractivity contribution in [2.75, 3.05) is 17.3 Å². The van der Waals surface area contributed by atoms with Crippen LogP contribution in [-0.4, -0.2) is 17.1 Å². The number of para-hydroxylation sites is 1. The van der Waals surface area contributed by atoms with Crippen LogP contribution in [0.3, 0.4) is 0 Å². The van der Waals surface area contributed by atoms with E-state index in [0.29, 0.717) is 16.3 Å². The molecule has 1 heterocycles. The second kappa shape index (κ2) is 7.81. The van der Waals surface area contributed by atoms with Gasteiger partial charge >= 0.3 is 0 Å². The molecule has 0 saturated heterocycles. The predicted molar refractivity (Wildman–Crippen MR) is 110 cm³/mol. The van der Waals surface area contributed by atoms with Crippen LogP contribution in [0, 0.1) is 6.92 Å². The molecule has 4 nitrogen and oxygen atoms in total. The zero-order valence-corrected chi connectivity index (χ0v) is 16.0. The average Bonchev–Trinajstić information content (AvgIpc) is 2.65. The Morgan fingerprint density at radius 2 is 1.88 bits per heavy atom. The highest BCUT2D eigenvalue weighted by molar-refractivity contribution is 7.98. The molecule has 3 rings (SSSR count). The SMILES string of the molecule is CSc1ccc(-c2cnc(N)c(C(=O)Nc3c(C)cccc3Cl)c2)cc1. The van der Waals surface area contributed by atoms with E-state index in [1.165, 1.54) is 4.90 Å². The number of hydrogen-bond donors (Lipinski definition) is 2. The molecule has 6 heteroatoms. The van der Waals surface area contributed by atoms with Crippen LogP contribution in [0.15, 0.2) is 59.6 Å². The van der Waals surface area contributed by atoms with E-state index in [-0.39, 0.29) is 11.7 Å². The van der Waals surface area contributed by atoms with Gasteiger partial charge in [0, 0.05) is 16.7 Å². The van der Waals surface area contributed by atoms with Crippen LogP contribution in [-0.2, 0) is 0 Å². The van der Waals surface area contributed by atoms with Crippen molar-refractivity contribution in [2.24, 2.45) is 0 Å². The molecular formula is C20H18ClN3OS. The monoisotopic (exact) mass is 383 g/mol. The topological polar surface area (TPSA) is 68.0 Å². The van der Waals surface area contributed by atoms with Gasteiger partial charge in [0.25, 0.3) is 5.91 Å². The molecule has 132 valence electrons. The van der Waals surface area contributed by atoms with Gasteiger partial charge in [0.05, 0.1) is 16.3 Å². The average molecular weight is 384 g/mol. The van der Waals surface area contributed by atoms with Gasteiger partial charge in [-0.2, -0.15) is 0 Å². The van der Waals surface area contributed by atoms with Crippen molar-refractivity contribution >= 4 is 40.8 Å². The molecule has 0 fully saturated rings. The number of nitrogens with two attached hydrogens (primary N) is 1. The van der Waals surface area contributed by atoms with Gasteiger partial charge in [0.1, 0.15) is 5.82 Å². The molecule has 0 saturated carbocycles. The number of nitrogen functional groups attached to an aromatic ring is 1. The maximum atomic E-state index is 12.7. The lowest BCUT2D eigenvalue weighted by molar-refractivity contribution is 0.102. The predicted octanol–water partition coefficient (Wildman–Crippen LogP) is 5.27. The number of nitrogens with zero attached hydrogens (tertiary/aromatic N) is 1. The molecule has 0 aliphatic heterocycles. The molecular weight excluding hydrogens is 366 g/mol. The molecule has 2 aromatic carbocycles. The Morgan fingerprint density at radius 1 is 1.15 bits per heavy atom. The van der Waals surface area contributed by atoms with Gasteiger partial charge in [0.2, 0.25) is 0 Å². The number of carbonyl (C=O) groups is 1. The molecule has 0 bridgehead atoms. The van der Waals surface area contributed by atoms with Gasteiger partial charge in [-0.15, -0.1) is 11.8 Å². The third kappa shape index (κ3) is 3.84. The van der Waals surface area contributed by atoms with Crippen molar-refractivity contribution in [3.05, 3.63) is 70.9 Å². The highest BCUT2D eigenvalue weighted by Gasteiger charge is 2.15. The first-order chi connectivity index (χ1) is 12.5. The van der Waals surface area contributed by atoms with E-state index in [0.717, 1.165) is 16.7 Å². The number of amides is 1. The molecule has 0 spiro atoms. The van der Waals surface area contributed by atoms with E-state index >= 15 is 0 Å². The first-order valence-corrected chi connectivity index (χ1v) is 9.56. The summed E-state index contributed by atoms with van der Waals surface area (Å²) in [5.74, 6) is -0.162. The van der Waals surface area contributed by atoms with Crippen LogP contribution < -0.4 is 11.1 Å². The van der Waals surface area contributed by atoms with Crippen LogP contribution >= 0.6 is 23.4 Å². The van der Waals surface area contributed by atoms with Crippen LogP contribution in [0.5, 0.6) is 0 Å². The highest BCUT2D eigenvalue weighted by Crippen LogP contribution is 2.28. The van der Waals surface area contributed by atoms with Crippen molar-refractivity contribution in [1.82, 2.24) is 4.98 Å². The fraction of sp³-hybridized carbons (Fsp3) is 0.100. The maximum Gasteiger partial charge on any atom is 0.259 e. The summed E-state index contributed by atoms with van der Waals surface area (Å²) < 4.78 is 0. The Balaban J connectivity index is 1.93. The second-order valence-corrected chi connectivity index (χ2v) is 7.06. The number of thioether (sulfide) groups is 1. The normalized spacial score (nSPS) is 10.6. The zero-order valence-electron chi connectivity index (χ0n) is 14.4. The number of nitrogens with one attached hydrogen (secondary N) is 1. The van der Waals surface area contributed by atoms with Gasteiger partial charge in [-0.1, -0.05) is 35.9 Å². The van der Waals surface area contributed by atoms with Crippen LogP contribution in [0.2, 0.25) is 5.02 Å². The number of aromatic nitrogens is 1. The lowest BCUT2D eigenvalue weighted by Gasteiger charge is -2.12. The van der Waals surface area contributed by atoms with E-state index in [1.54, 1.807) is 30.1 Å². The fourth-order valence-corrected chi connectivity index (χ4v) is 3.25. The van der Waals surface area contributed by atoms with E-state index in [9.17, 15) is 4.79 Å². The van der Waals surface area contributed by atoms with Gasteiger partial charge < -0.3 is 11.1 Å². The summed E-state index contributed by atoms with van der Waals surface area (Å²) in [6, 6.07) is 15.3. The number of anilines is 2. The van der Waals surface area contributed by atoms with Crippen LogP contribution in [0.1, 0.15) is 15.9 Å². The third-order valence-corrected chi connectivity index (χ3v) is 5.11. The van der Waals surface area contributed by atoms with E-state index in [1.807, 2.05) is 49.6 Å². The number of rotatable bonds is 4. The second-order valence-electron chi connectivity index (χ2n) is 5.77. The highest BCUT2D eigenvalue weighted by atomic mass is 35.5. The van der Waals surface area contributed by atoms with Crippen molar-refractivity contribution in [3.63, 3.8) is 0 Å². The molecule has 0 radical (unpaired) electrons. The first kappa shape index (κ1) is 18.3. The summed E-state index contributed by atoms with van der Waals surface area (Å²) in [4.78, 5) is 18.1. The standard InChI is InChI=1S/C20H18ClN3OS/c1-12-4-3-5-17(21)18(12)24-20(25)16-10-14(11-23-19(16)22)13-6-8-15(26-2)9-7-13/h3-11H,1-2H3,(H2,22,23)(H,24,25). The fourth-order valence-electron chi connectivity index (χ4n) is 2.57. The number of hydrogen-bond acceptors (Lipinski definition) is 4.